The number of rotatable bonds is 8. The first kappa shape index (κ1) is 19.0. The van der Waals surface area contributed by atoms with Crippen molar-refractivity contribution in [2.24, 2.45) is 5.92 Å². The molecule has 1 heterocycles. The van der Waals surface area contributed by atoms with Crippen LogP contribution in [0.25, 0.3) is 0 Å². The summed E-state index contributed by atoms with van der Waals surface area (Å²) in [6, 6.07) is 6.74. The zero-order valence-corrected chi connectivity index (χ0v) is 15.4. The Labute approximate surface area is 150 Å². The largest absolute Gasteiger partial charge is 0.383 e. The third-order valence-corrected chi connectivity index (χ3v) is 4.16. The van der Waals surface area contributed by atoms with Gasteiger partial charge < -0.3 is 15.4 Å². The molecule has 0 bridgehead atoms. The number of hydrogen-bond acceptors (Lipinski definition) is 6. The number of anilines is 1. The number of benzene rings is 1. The smallest absolute Gasteiger partial charge is 0.286 e. The summed E-state index contributed by atoms with van der Waals surface area (Å²) in [6.07, 6.45) is 0.794. The maximum Gasteiger partial charge on any atom is 0.286 e. The molecule has 1 aromatic carbocycles. The van der Waals surface area contributed by atoms with Gasteiger partial charge in [0.2, 0.25) is 5.01 Å². The number of carbonyl (C=O) groups is 2. The van der Waals surface area contributed by atoms with E-state index in [1.54, 1.807) is 31.4 Å². The van der Waals surface area contributed by atoms with E-state index < -0.39 is 0 Å². The fraction of sp³-hybridized carbons (Fsp3) is 0.412. The predicted molar refractivity (Wildman–Crippen MR) is 97.1 cm³/mol. The number of amides is 2. The van der Waals surface area contributed by atoms with Crippen molar-refractivity contribution in [3.63, 3.8) is 0 Å². The molecule has 2 N–H and O–H groups in total. The van der Waals surface area contributed by atoms with Crippen molar-refractivity contribution in [1.82, 2.24) is 15.5 Å². The molecule has 2 rings (SSSR count). The fourth-order valence-electron chi connectivity index (χ4n) is 2.07. The number of aromatic nitrogens is 2. The summed E-state index contributed by atoms with van der Waals surface area (Å²) >= 11 is 1.29. The molecule has 0 radical (unpaired) electrons. The highest BCUT2D eigenvalue weighted by molar-refractivity contribution is 7.13. The fourth-order valence-corrected chi connectivity index (χ4v) is 3.02. The van der Waals surface area contributed by atoms with Gasteiger partial charge in [0.1, 0.15) is 5.01 Å². The minimum absolute atomic E-state index is 0.219. The van der Waals surface area contributed by atoms with Gasteiger partial charge in [-0.15, -0.1) is 10.2 Å². The Hall–Kier alpha value is -2.32. The first-order chi connectivity index (χ1) is 12.0. The van der Waals surface area contributed by atoms with Gasteiger partial charge in [-0.1, -0.05) is 31.3 Å². The minimum atomic E-state index is -0.329. The number of ether oxygens (including phenoxy) is 1. The van der Waals surface area contributed by atoms with Crippen LogP contribution in [0.1, 0.15) is 39.0 Å². The van der Waals surface area contributed by atoms with Crippen molar-refractivity contribution >= 4 is 28.8 Å². The second-order valence-electron chi connectivity index (χ2n) is 5.88. The maximum absolute atomic E-state index is 12.3. The molecule has 1 aromatic heterocycles. The van der Waals surface area contributed by atoms with E-state index in [-0.39, 0.29) is 11.8 Å². The van der Waals surface area contributed by atoms with Crippen LogP contribution in [0.4, 0.5) is 5.69 Å². The van der Waals surface area contributed by atoms with E-state index >= 15 is 0 Å². The van der Waals surface area contributed by atoms with Gasteiger partial charge in [0.25, 0.3) is 11.8 Å². The third kappa shape index (κ3) is 5.91. The Balaban J connectivity index is 2.00. The highest BCUT2D eigenvalue weighted by Crippen LogP contribution is 2.17. The quantitative estimate of drug-likeness (QED) is 0.703. The molecule has 0 saturated heterocycles. The topological polar surface area (TPSA) is 93.2 Å². The standard InChI is InChI=1S/C17H22N4O3S/c1-11(2)9-14-20-21-17(25-14)16(23)19-13-6-4-5-12(10-13)15(22)18-7-8-24-3/h4-6,10-11H,7-9H2,1-3H3,(H,18,22)(H,19,23). The number of carbonyl (C=O) groups excluding carboxylic acids is 2. The second kappa shape index (κ2) is 9.24. The van der Waals surface area contributed by atoms with Crippen molar-refractivity contribution in [1.29, 1.82) is 0 Å². The predicted octanol–water partition coefficient (Wildman–Crippen LogP) is 2.37. The zero-order valence-electron chi connectivity index (χ0n) is 14.5. The second-order valence-corrected chi connectivity index (χ2v) is 6.94. The van der Waals surface area contributed by atoms with Gasteiger partial charge in [0.15, 0.2) is 0 Å². The first-order valence-corrected chi connectivity index (χ1v) is 8.82. The maximum atomic E-state index is 12.3. The first-order valence-electron chi connectivity index (χ1n) is 8.00. The molecule has 2 aromatic rings. The lowest BCUT2D eigenvalue weighted by Gasteiger charge is -2.07. The van der Waals surface area contributed by atoms with Crippen LogP contribution < -0.4 is 10.6 Å². The molecule has 0 atom stereocenters. The molecule has 0 saturated carbocycles. The van der Waals surface area contributed by atoms with E-state index in [1.165, 1.54) is 11.3 Å². The lowest BCUT2D eigenvalue weighted by molar-refractivity contribution is 0.0936. The van der Waals surface area contributed by atoms with Gasteiger partial charge in [-0.25, -0.2) is 0 Å². The number of hydrogen-bond donors (Lipinski definition) is 2. The molecule has 0 aliphatic carbocycles. The Morgan fingerprint density at radius 3 is 2.76 bits per heavy atom. The van der Waals surface area contributed by atoms with Gasteiger partial charge in [-0.2, -0.15) is 0 Å². The number of nitrogens with zero attached hydrogens (tertiary/aromatic N) is 2. The van der Waals surface area contributed by atoms with E-state index in [9.17, 15) is 9.59 Å². The van der Waals surface area contributed by atoms with Crippen LogP contribution in [0.15, 0.2) is 24.3 Å². The van der Waals surface area contributed by atoms with Crippen LogP contribution in [0, 0.1) is 5.92 Å². The molecule has 0 aliphatic rings. The zero-order chi connectivity index (χ0) is 18.2. The molecule has 2 amide bonds. The van der Waals surface area contributed by atoms with E-state index in [2.05, 4.69) is 34.7 Å². The minimum Gasteiger partial charge on any atom is -0.383 e. The van der Waals surface area contributed by atoms with Gasteiger partial charge in [0.05, 0.1) is 6.61 Å². The van der Waals surface area contributed by atoms with Crippen LogP contribution in [0.3, 0.4) is 0 Å². The molecular formula is C17H22N4O3S. The van der Waals surface area contributed by atoms with Crippen molar-refractivity contribution < 1.29 is 14.3 Å². The highest BCUT2D eigenvalue weighted by Gasteiger charge is 2.14. The highest BCUT2D eigenvalue weighted by atomic mass is 32.1. The van der Waals surface area contributed by atoms with Crippen molar-refractivity contribution in [2.45, 2.75) is 20.3 Å². The molecule has 7 nitrogen and oxygen atoms in total. The Bertz CT molecular complexity index is 730. The van der Waals surface area contributed by atoms with Crippen LogP contribution in [0.2, 0.25) is 0 Å². The van der Waals surface area contributed by atoms with Crippen LogP contribution in [-0.4, -0.2) is 42.3 Å². The number of methoxy groups -OCH3 is 1. The summed E-state index contributed by atoms with van der Waals surface area (Å²) in [4.78, 5) is 24.3. The van der Waals surface area contributed by atoms with Crippen molar-refractivity contribution in [3.05, 3.63) is 39.8 Å². The Kier molecular flexibility index (Phi) is 7.03. The van der Waals surface area contributed by atoms with Crippen LogP contribution in [-0.2, 0) is 11.2 Å². The van der Waals surface area contributed by atoms with Crippen molar-refractivity contribution in [2.75, 3.05) is 25.6 Å². The van der Waals surface area contributed by atoms with Crippen molar-refractivity contribution in [3.8, 4) is 0 Å². The molecule has 8 heteroatoms. The average Bonchev–Trinajstić information content (AvgIpc) is 3.03. The summed E-state index contributed by atoms with van der Waals surface area (Å²) in [5, 5.41) is 14.6. The van der Waals surface area contributed by atoms with Gasteiger partial charge in [0, 0.05) is 31.3 Å². The SMILES string of the molecule is COCCNC(=O)c1cccc(NC(=O)c2nnc(CC(C)C)s2)c1. The Morgan fingerprint density at radius 1 is 1.24 bits per heavy atom. The van der Waals surface area contributed by atoms with Crippen LogP contribution in [0.5, 0.6) is 0 Å². The van der Waals surface area contributed by atoms with E-state index in [0.29, 0.717) is 35.3 Å². The lowest BCUT2D eigenvalue weighted by Crippen LogP contribution is -2.27. The molecule has 0 aliphatic heterocycles. The lowest BCUT2D eigenvalue weighted by atomic mass is 10.1. The van der Waals surface area contributed by atoms with E-state index in [0.717, 1.165) is 11.4 Å². The average molecular weight is 362 g/mol. The summed E-state index contributed by atoms with van der Waals surface area (Å²) in [5.41, 5.74) is 0.997. The summed E-state index contributed by atoms with van der Waals surface area (Å²) < 4.78 is 4.90. The monoisotopic (exact) mass is 362 g/mol. The number of nitrogens with one attached hydrogen (secondary N) is 2. The molecular weight excluding hydrogens is 340 g/mol. The van der Waals surface area contributed by atoms with E-state index in [4.69, 9.17) is 4.74 Å². The van der Waals surface area contributed by atoms with Crippen LogP contribution >= 0.6 is 11.3 Å². The third-order valence-electron chi connectivity index (χ3n) is 3.22. The summed E-state index contributed by atoms with van der Waals surface area (Å²) in [6.45, 7) is 5.04. The van der Waals surface area contributed by atoms with Gasteiger partial charge >= 0.3 is 0 Å². The molecule has 0 fully saturated rings. The Morgan fingerprint density at radius 2 is 2.04 bits per heavy atom. The van der Waals surface area contributed by atoms with E-state index in [1.807, 2.05) is 0 Å². The molecule has 0 unspecified atom stereocenters. The summed E-state index contributed by atoms with van der Waals surface area (Å²) in [7, 11) is 1.57. The van der Waals surface area contributed by atoms with Gasteiger partial charge in [-0.05, 0) is 24.1 Å². The van der Waals surface area contributed by atoms with Gasteiger partial charge in [-0.3, -0.25) is 9.59 Å². The molecule has 25 heavy (non-hydrogen) atoms. The normalized spacial score (nSPS) is 10.7. The molecule has 134 valence electrons. The summed E-state index contributed by atoms with van der Waals surface area (Å²) in [5.74, 6) is -0.0927. The molecule has 0 spiro atoms.